The minimum Gasteiger partial charge on any atom is -0.372 e. The van der Waals surface area contributed by atoms with Gasteiger partial charge in [0.1, 0.15) is 0 Å². The molecule has 0 bridgehead atoms. The van der Waals surface area contributed by atoms with Crippen LogP contribution in [0.5, 0.6) is 0 Å². The second kappa shape index (κ2) is 5.43. The Morgan fingerprint density at radius 2 is 2.12 bits per heavy atom. The van der Waals surface area contributed by atoms with Crippen LogP contribution in [0.1, 0.15) is 11.7 Å². The number of ether oxygens (including phenoxy) is 1. The quantitative estimate of drug-likeness (QED) is 0.815. The average molecular weight is 220 g/mol. The Hall–Kier alpha value is -0.900. The van der Waals surface area contributed by atoms with Gasteiger partial charge in [-0.1, -0.05) is 30.3 Å². The first-order valence-electron chi connectivity index (χ1n) is 5.86. The molecule has 0 saturated carbocycles. The number of likely N-dealkylation sites (N-methyl/N-ethyl adjacent to an activating group) is 1. The molecule has 0 unspecified atom stereocenters. The van der Waals surface area contributed by atoms with Crippen molar-refractivity contribution in [3.05, 3.63) is 35.9 Å². The Balaban J connectivity index is 2.17. The van der Waals surface area contributed by atoms with E-state index in [-0.39, 0.29) is 6.10 Å². The van der Waals surface area contributed by atoms with Crippen molar-refractivity contribution in [3.63, 3.8) is 0 Å². The summed E-state index contributed by atoms with van der Waals surface area (Å²) in [7, 11) is 2.12. The minimum atomic E-state index is 0.149. The topological polar surface area (TPSA) is 38.5 Å². The van der Waals surface area contributed by atoms with Gasteiger partial charge in [0, 0.05) is 19.0 Å². The molecular weight excluding hydrogens is 200 g/mol. The summed E-state index contributed by atoms with van der Waals surface area (Å²) < 4.78 is 5.94. The van der Waals surface area contributed by atoms with Crippen LogP contribution in [0, 0.1) is 5.92 Å². The van der Waals surface area contributed by atoms with E-state index in [2.05, 4.69) is 36.2 Å². The van der Waals surface area contributed by atoms with Crippen molar-refractivity contribution in [1.29, 1.82) is 0 Å². The molecule has 1 saturated heterocycles. The van der Waals surface area contributed by atoms with Crippen molar-refractivity contribution >= 4 is 0 Å². The molecule has 0 radical (unpaired) electrons. The van der Waals surface area contributed by atoms with Crippen LogP contribution in [0.3, 0.4) is 0 Å². The molecule has 0 amide bonds. The molecule has 0 spiro atoms. The van der Waals surface area contributed by atoms with E-state index in [0.29, 0.717) is 12.5 Å². The lowest BCUT2D eigenvalue weighted by Crippen LogP contribution is -2.31. The van der Waals surface area contributed by atoms with E-state index in [9.17, 15) is 0 Å². The van der Waals surface area contributed by atoms with Gasteiger partial charge in [0.15, 0.2) is 0 Å². The fourth-order valence-corrected chi connectivity index (χ4v) is 2.27. The lowest BCUT2D eigenvalue weighted by atomic mass is 9.95. The standard InChI is InChI=1S/C13H20N2O/c1-15-7-8-16-13(12(9-14)10-15)11-5-3-2-4-6-11/h2-6,12-13H,7-10,14H2,1H3/t12-,13-/m1/s1. The molecule has 1 aliphatic rings. The summed E-state index contributed by atoms with van der Waals surface area (Å²) in [5.74, 6) is 0.384. The highest BCUT2D eigenvalue weighted by atomic mass is 16.5. The lowest BCUT2D eigenvalue weighted by Gasteiger charge is -2.25. The van der Waals surface area contributed by atoms with Gasteiger partial charge in [0.2, 0.25) is 0 Å². The summed E-state index contributed by atoms with van der Waals surface area (Å²) in [5, 5.41) is 0. The predicted octanol–water partition coefficient (Wildman–Crippen LogP) is 1.26. The molecule has 2 rings (SSSR count). The Morgan fingerprint density at radius 1 is 1.38 bits per heavy atom. The third-order valence-electron chi connectivity index (χ3n) is 3.18. The van der Waals surface area contributed by atoms with Crippen LogP contribution in [0.4, 0.5) is 0 Å². The second-order valence-electron chi connectivity index (χ2n) is 4.46. The third kappa shape index (κ3) is 2.61. The van der Waals surface area contributed by atoms with Gasteiger partial charge in [0.25, 0.3) is 0 Å². The van der Waals surface area contributed by atoms with E-state index in [1.54, 1.807) is 0 Å². The van der Waals surface area contributed by atoms with Crippen LogP contribution in [-0.2, 0) is 4.74 Å². The van der Waals surface area contributed by atoms with Gasteiger partial charge in [-0.2, -0.15) is 0 Å². The number of nitrogens with two attached hydrogens (primary N) is 1. The van der Waals surface area contributed by atoms with Crippen molar-refractivity contribution in [1.82, 2.24) is 4.90 Å². The Labute approximate surface area is 97.2 Å². The van der Waals surface area contributed by atoms with Crippen LogP contribution in [0.2, 0.25) is 0 Å². The molecule has 1 aromatic carbocycles. The van der Waals surface area contributed by atoms with Crippen molar-refractivity contribution < 1.29 is 4.74 Å². The predicted molar refractivity (Wildman–Crippen MR) is 65.2 cm³/mol. The zero-order valence-electron chi connectivity index (χ0n) is 9.80. The highest BCUT2D eigenvalue weighted by Gasteiger charge is 2.26. The van der Waals surface area contributed by atoms with Crippen molar-refractivity contribution in [2.45, 2.75) is 6.10 Å². The zero-order valence-corrected chi connectivity index (χ0v) is 9.80. The molecule has 3 heteroatoms. The number of rotatable bonds is 2. The largest absolute Gasteiger partial charge is 0.372 e. The summed E-state index contributed by atoms with van der Waals surface area (Å²) in [4.78, 5) is 2.29. The van der Waals surface area contributed by atoms with E-state index in [1.807, 2.05) is 6.07 Å². The lowest BCUT2D eigenvalue weighted by molar-refractivity contribution is 0.0331. The Kier molecular flexibility index (Phi) is 3.93. The van der Waals surface area contributed by atoms with Crippen molar-refractivity contribution in [2.75, 3.05) is 33.3 Å². The molecule has 2 atom stereocenters. The smallest absolute Gasteiger partial charge is 0.0878 e. The molecule has 0 aromatic heterocycles. The second-order valence-corrected chi connectivity index (χ2v) is 4.46. The first kappa shape index (κ1) is 11.6. The van der Waals surface area contributed by atoms with Gasteiger partial charge < -0.3 is 15.4 Å². The molecule has 16 heavy (non-hydrogen) atoms. The van der Waals surface area contributed by atoms with Gasteiger partial charge in [-0.3, -0.25) is 0 Å². The van der Waals surface area contributed by atoms with E-state index in [1.165, 1.54) is 5.56 Å². The average Bonchev–Trinajstić information content (AvgIpc) is 2.51. The molecule has 88 valence electrons. The number of benzene rings is 1. The third-order valence-corrected chi connectivity index (χ3v) is 3.18. The maximum Gasteiger partial charge on any atom is 0.0878 e. The van der Waals surface area contributed by atoms with E-state index < -0.39 is 0 Å². The first-order valence-corrected chi connectivity index (χ1v) is 5.86. The molecular formula is C13H20N2O. The van der Waals surface area contributed by atoms with Crippen LogP contribution in [0.25, 0.3) is 0 Å². The minimum absolute atomic E-state index is 0.149. The number of nitrogens with zero attached hydrogens (tertiary/aromatic N) is 1. The van der Waals surface area contributed by atoms with Gasteiger partial charge in [-0.25, -0.2) is 0 Å². The maximum absolute atomic E-state index is 5.94. The maximum atomic E-state index is 5.94. The van der Waals surface area contributed by atoms with Gasteiger partial charge in [-0.05, 0) is 19.2 Å². The number of hydrogen-bond acceptors (Lipinski definition) is 3. The molecule has 1 aromatic rings. The van der Waals surface area contributed by atoms with Gasteiger partial charge in [-0.15, -0.1) is 0 Å². The van der Waals surface area contributed by atoms with Crippen molar-refractivity contribution in [3.8, 4) is 0 Å². The van der Waals surface area contributed by atoms with Crippen molar-refractivity contribution in [2.24, 2.45) is 11.7 Å². The highest BCUT2D eigenvalue weighted by molar-refractivity contribution is 5.18. The monoisotopic (exact) mass is 220 g/mol. The summed E-state index contributed by atoms with van der Waals surface area (Å²) in [6.07, 6.45) is 0.149. The molecule has 1 heterocycles. The summed E-state index contributed by atoms with van der Waals surface area (Å²) in [5.41, 5.74) is 7.10. The fourth-order valence-electron chi connectivity index (χ4n) is 2.27. The molecule has 0 aliphatic carbocycles. The molecule has 3 nitrogen and oxygen atoms in total. The van der Waals surface area contributed by atoms with Crippen LogP contribution >= 0.6 is 0 Å². The van der Waals surface area contributed by atoms with Crippen LogP contribution < -0.4 is 5.73 Å². The molecule has 1 fully saturated rings. The summed E-state index contributed by atoms with van der Waals surface area (Å²) in [6.45, 7) is 3.45. The Bertz CT molecular complexity index is 315. The zero-order chi connectivity index (χ0) is 11.4. The summed E-state index contributed by atoms with van der Waals surface area (Å²) in [6, 6.07) is 10.4. The van der Waals surface area contributed by atoms with E-state index in [0.717, 1.165) is 19.7 Å². The van der Waals surface area contributed by atoms with Crippen LogP contribution in [-0.4, -0.2) is 38.2 Å². The molecule has 2 N–H and O–H groups in total. The number of hydrogen-bond donors (Lipinski definition) is 1. The normalized spacial score (nSPS) is 27.6. The SMILES string of the molecule is CN1CCO[C@H](c2ccccc2)[C@H](CN)C1. The summed E-state index contributed by atoms with van der Waals surface area (Å²) >= 11 is 0. The van der Waals surface area contributed by atoms with E-state index in [4.69, 9.17) is 10.5 Å². The van der Waals surface area contributed by atoms with Gasteiger partial charge in [0.05, 0.1) is 12.7 Å². The molecule has 1 aliphatic heterocycles. The highest BCUT2D eigenvalue weighted by Crippen LogP contribution is 2.27. The fraction of sp³-hybridized carbons (Fsp3) is 0.538. The van der Waals surface area contributed by atoms with Gasteiger partial charge >= 0.3 is 0 Å². The van der Waals surface area contributed by atoms with E-state index >= 15 is 0 Å². The Morgan fingerprint density at radius 3 is 2.81 bits per heavy atom. The van der Waals surface area contributed by atoms with Crippen LogP contribution in [0.15, 0.2) is 30.3 Å². The first-order chi connectivity index (χ1) is 7.81.